The largest absolute Gasteiger partial charge is 0.273 e. The molecule has 0 atom stereocenters. The van der Waals surface area contributed by atoms with Crippen LogP contribution in [0.25, 0.3) is 0 Å². The van der Waals surface area contributed by atoms with Crippen LogP contribution in [0.1, 0.15) is 26.7 Å². The van der Waals surface area contributed by atoms with Crippen molar-refractivity contribution in [3.05, 3.63) is 30.3 Å². The standard InChI is InChI=1S/C14H21NO2S/c1-12(2)11-17-15-14(16)9-6-10-18-13-7-4-3-5-8-13/h3-5,7-8,12H,6,9-11H2,1-2H3,(H,15,16). The number of thioether (sulfide) groups is 1. The van der Waals surface area contributed by atoms with Crippen molar-refractivity contribution in [3.8, 4) is 0 Å². The van der Waals surface area contributed by atoms with Gasteiger partial charge < -0.3 is 0 Å². The van der Waals surface area contributed by atoms with Crippen LogP contribution < -0.4 is 5.48 Å². The van der Waals surface area contributed by atoms with Gasteiger partial charge in [0.25, 0.3) is 0 Å². The molecule has 0 fully saturated rings. The quantitative estimate of drug-likeness (QED) is 0.446. The van der Waals surface area contributed by atoms with Crippen LogP contribution in [-0.2, 0) is 9.63 Å². The summed E-state index contributed by atoms with van der Waals surface area (Å²) in [6.45, 7) is 4.65. The van der Waals surface area contributed by atoms with Crippen molar-refractivity contribution in [2.75, 3.05) is 12.4 Å². The molecule has 0 aliphatic rings. The third kappa shape index (κ3) is 7.35. The minimum atomic E-state index is -0.0377. The first-order valence-corrected chi connectivity index (χ1v) is 7.25. The van der Waals surface area contributed by atoms with Crippen molar-refractivity contribution in [1.82, 2.24) is 5.48 Å². The first kappa shape index (κ1) is 15.1. The summed E-state index contributed by atoms with van der Waals surface area (Å²) in [5, 5.41) is 0. The number of carbonyl (C=O) groups is 1. The van der Waals surface area contributed by atoms with Crippen LogP contribution in [0.5, 0.6) is 0 Å². The molecule has 0 saturated carbocycles. The summed E-state index contributed by atoms with van der Waals surface area (Å²) < 4.78 is 0. The normalized spacial score (nSPS) is 10.6. The summed E-state index contributed by atoms with van der Waals surface area (Å²) in [4.78, 5) is 17.7. The highest BCUT2D eigenvalue weighted by Crippen LogP contribution is 2.18. The van der Waals surface area contributed by atoms with E-state index in [0.717, 1.165) is 12.2 Å². The minimum absolute atomic E-state index is 0.0377. The maximum Gasteiger partial charge on any atom is 0.243 e. The Labute approximate surface area is 113 Å². The van der Waals surface area contributed by atoms with Gasteiger partial charge in [0, 0.05) is 11.3 Å². The molecule has 4 heteroatoms. The Morgan fingerprint density at radius 1 is 1.33 bits per heavy atom. The first-order valence-electron chi connectivity index (χ1n) is 6.27. The number of rotatable bonds is 8. The van der Waals surface area contributed by atoms with Gasteiger partial charge in [0.15, 0.2) is 0 Å². The van der Waals surface area contributed by atoms with Crippen molar-refractivity contribution in [2.45, 2.75) is 31.6 Å². The molecular formula is C14H21NO2S. The van der Waals surface area contributed by atoms with Crippen LogP contribution >= 0.6 is 11.8 Å². The molecule has 0 aliphatic heterocycles. The number of benzene rings is 1. The van der Waals surface area contributed by atoms with E-state index in [4.69, 9.17) is 4.84 Å². The molecule has 0 unspecified atom stereocenters. The zero-order chi connectivity index (χ0) is 13.2. The van der Waals surface area contributed by atoms with Crippen LogP contribution in [0.3, 0.4) is 0 Å². The molecule has 0 aliphatic carbocycles. The van der Waals surface area contributed by atoms with Crippen LogP contribution in [0.15, 0.2) is 35.2 Å². The van der Waals surface area contributed by atoms with Gasteiger partial charge in [-0.25, -0.2) is 5.48 Å². The molecule has 0 saturated heterocycles. The molecule has 1 aromatic carbocycles. The summed E-state index contributed by atoms with van der Waals surface area (Å²) in [7, 11) is 0. The van der Waals surface area contributed by atoms with Crippen molar-refractivity contribution in [3.63, 3.8) is 0 Å². The van der Waals surface area contributed by atoms with Gasteiger partial charge in [-0.2, -0.15) is 0 Å². The Kier molecular flexibility index (Phi) is 7.53. The molecule has 100 valence electrons. The summed E-state index contributed by atoms with van der Waals surface area (Å²) >= 11 is 1.77. The van der Waals surface area contributed by atoms with E-state index in [1.54, 1.807) is 11.8 Å². The average molecular weight is 267 g/mol. The average Bonchev–Trinajstić information content (AvgIpc) is 2.35. The lowest BCUT2D eigenvalue weighted by molar-refractivity contribution is -0.134. The van der Waals surface area contributed by atoms with Gasteiger partial charge in [0.1, 0.15) is 0 Å². The molecule has 18 heavy (non-hydrogen) atoms. The lowest BCUT2D eigenvalue weighted by Gasteiger charge is -2.07. The fourth-order valence-electron chi connectivity index (χ4n) is 1.28. The van der Waals surface area contributed by atoms with Crippen molar-refractivity contribution in [2.24, 2.45) is 5.92 Å². The smallest absolute Gasteiger partial charge is 0.243 e. The minimum Gasteiger partial charge on any atom is -0.273 e. The van der Waals surface area contributed by atoms with Crippen LogP contribution in [0, 0.1) is 5.92 Å². The maximum atomic E-state index is 11.4. The second-order valence-electron chi connectivity index (χ2n) is 4.50. The Bertz CT molecular complexity index is 341. The van der Waals surface area contributed by atoms with Crippen molar-refractivity contribution < 1.29 is 9.63 Å². The Hall–Kier alpha value is -1.00. The molecular weight excluding hydrogens is 246 g/mol. The molecule has 0 bridgehead atoms. The van der Waals surface area contributed by atoms with E-state index >= 15 is 0 Å². The molecule has 0 heterocycles. The molecule has 1 amide bonds. The molecule has 0 spiro atoms. The number of carbonyl (C=O) groups excluding carboxylic acids is 1. The van der Waals surface area contributed by atoms with E-state index in [1.165, 1.54) is 4.90 Å². The predicted molar refractivity (Wildman–Crippen MR) is 75.3 cm³/mol. The van der Waals surface area contributed by atoms with Crippen LogP contribution in [-0.4, -0.2) is 18.3 Å². The number of amides is 1. The molecule has 0 aromatic heterocycles. The van der Waals surface area contributed by atoms with Gasteiger partial charge in [-0.1, -0.05) is 32.0 Å². The molecule has 1 aromatic rings. The lowest BCUT2D eigenvalue weighted by atomic mass is 10.2. The second kappa shape index (κ2) is 9.00. The summed E-state index contributed by atoms with van der Waals surface area (Å²) in [5.74, 6) is 1.34. The predicted octanol–water partition coefficient (Wildman–Crippen LogP) is 3.26. The zero-order valence-electron chi connectivity index (χ0n) is 11.0. The van der Waals surface area contributed by atoms with Gasteiger partial charge >= 0.3 is 0 Å². The van der Waals surface area contributed by atoms with E-state index in [2.05, 4.69) is 17.6 Å². The van der Waals surface area contributed by atoms with Gasteiger partial charge in [0.05, 0.1) is 6.61 Å². The second-order valence-corrected chi connectivity index (χ2v) is 5.66. The first-order chi connectivity index (χ1) is 8.68. The molecule has 3 nitrogen and oxygen atoms in total. The van der Waals surface area contributed by atoms with Crippen molar-refractivity contribution >= 4 is 17.7 Å². The van der Waals surface area contributed by atoms with Gasteiger partial charge in [-0.3, -0.25) is 9.63 Å². The highest BCUT2D eigenvalue weighted by Gasteiger charge is 2.02. The molecule has 1 rings (SSSR count). The molecule has 1 N–H and O–H groups in total. The fraction of sp³-hybridized carbons (Fsp3) is 0.500. The highest BCUT2D eigenvalue weighted by atomic mass is 32.2. The number of hydrogen-bond acceptors (Lipinski definition) is 3. The van der Waals surface area contributed by atoms with Crippen molar-refractivity contribution in [1.29, 1.82) is 0 Å². The number of hydrogen-bond donors (Lipinski definition) is 1. The van der Waals surface area contributed by atoms with E-state index in [1.807, 2.05) is 32.0 Å². The Morgan fingerprint density at radius 2 is 2.06 bits per heavy atom. The fourth-order valence-corrected chi connectivity index (χ4v) is 2.15. The highest BCUT2D eigenvalue weighted by molar-refractivity contribution is 7.99. The van der Waals surface area contributed by atoms with E-state index < -0.39 is 0 Å². The number of hydroxylamine groups is 1. The van der Waals surface area contributed by atoms with Crippen LogP contribution in [0.4, 0.5) is 0 Å². The number of nitrogens with one attached hydrogen (secondary N) is 1. The van der Waals surface area contributed by atoms with Gasteiger partial charge in [-0.15, -0.1) is 11.8 Å². The lowest BCUT2D eigenvalue weighted by Crippen LogP contribution is -2.25. The van der Waals surface area contributed by atoms with E-state index in [0.29, 0.717) is 18.9 Å². The Balaban J connectivity index is 2.02. The van der Waals surface area contributed by atoms with Gasteiger partial charge in [-0.05, 0) is 30.2 Å². The summed E-state index contributed by atoms with van der Waals surface area (Å²) in [5.41, 5.74) is 2.46. The Morgan fingerprint density at radius 3 is 2.72 bits per heavy atom. The monoisotopic (exact) mass is 267 g/mol. The van der Waals surface area contributed by atoms with Gasteiger partial charge in [0.2, 0.25) is 5.91 Å². The zero-order valence-corrected chi connectivity index (χ0v) is 11.8. The summed E-state index contributed by atoms with van der Waals surface area (Å²) in [6.07, 6.45) is 1.37. The van der Waals surface area contributed by atoms with E-state index in [-0.39, 0.29) is 5.91 Å². The van der Waals surface area contributed by atoms with E-state index in [9.17, 15) is 4.79 Å². The maximum absolute atomic E-state index is 11.4. The topological polar surface area (TPSA) is 38.3 Å². The third-order valence-electron chi connectivity index (χ3n) is 2.16. The third-order valence-corrected chi connectivity index (χ3v) is 3.26. The summed E-state index contributed by atoms with van der Waals surface area (Å²) in [6, 6.07) is 10.2. The van der Waals surface area contributed by atoms with Crippen LogP contribution in [0.2, 0.25) is 0 Å². The SMILES string of the molecule is CC(C)CONC(=O)CCCSc1ccccc1. The molecule has 0 radical (unpaired) electrons.